The van der Waals surface area contributed by atoms with Crippen LogP contribution in [0.15, 0.2) is 36.5 Å². The minimum Gasteiger partial charge on any atom is -0.462 e. The van der Waals surface area contributed by atoms with Gasteiger partial charge in [-0.25, -0.2) is 0 Å². The molecule has 0 aromatic carbocycles. The lowest BCUT2D eigenvalue weighted by Gasteiger charge is -2.18. The van der Waals surface area contributed by atoms with Gasteiger partial charge in [0, 0.05) is 19.3 Å². The summed E-state index contributed by atoms with van der Waals surface area (Å²) in [5.41, 5.74) is 0. The van der Waals surface area contributed by atoms with Crippen LogP contribution in [0.5, 0.6) is 0 Å². The maximum absolute atomic E-state index is 12.9. The molecule has 0 aliphatic heterocycles. The van der Waals surface area contributed by atoms with Crippen molar-refractivity contribution in [2.45, 2.75) is 380 Å². The summed E-state index contributed by atoms with van der Waals surface area (Å²) in [6.07, 6.45) is 80.7. The quantitative estimate of drug-likeness (QED) is 0.0261. The highest BCUT2D eigenvalue weighted by molar-refractivity contribution is 5.71. The Labute approximate surface area is 474 Å². The van der Waals surface area contributed by atoms with E-state index in [0.29, 0.717) is 19.3 Å². The molecule has 0 radical (unpaired) electrons. The Morgan fingerprint density at radius 3 is 0.737 bits per heavy atom. The van der Waals surface area contributed by atoms with Crippen LogP contribution in [-0.4, -0.2) is 37.2 Å². The van der Waals surface area contributed by atoms with Gasteiger partial charge in [0.1, 0.15) is 13.2 Å². The van der Waals surface area contributed by atoms with E-state index in [1.54, 1.807) is 0 Å². The highest BCUT2D eigenvalue weighted by Gasteiger charge is 2.19. The van der Waals surface area contributed by atoms with Crippen LogP contribution in [0.4, 0.5) is 0 Å². The van der Waals surface area contributed by atoms with Crippen molar-refractivity contribution in [3.8, 4) is 0 Å². The van der Waals surface area contributed by atoms with Gasteiger partial charge in [-0.15, -0.1) is 0 Å². The summed E-state index contributed by atoms with van der Waals surface area (Å²) in [5, 5.41) is 0. The van der Waals surface area contributed by atoms with E-state index in [0.717, 1.165) is 64.2 Å². The van der Waals surface area contributed by atoms with Gasteiger partial charge in [0.2, 0.25) is 0 Å². The zero-order chi connectivity index (χ0) is 55.0. The van der Waals surface area contributed by atoms with Gasteiger partial charge in [-0.1, -0.05) is 314 Å². The molecule has 0 spiro atoms. The Hall–Kier alpha value is -2.37. The normalized spacial score (nSPS) is 12.2. The van der Waals surface area contributed by atoms with Crippen molar-refractivity contribution in [3.63, 3.8) is 0 Å². The van der Waals surface area contributed by atoms with Crippen LogP contribution in [0.1, 0.15) is 374 Å². The zero-order valence-corrected chi connectivity index (χ0v) is 51.3. The molecular weight excluding hydrogens is 937 g/mol. The van der Waals surface area contributed by atoms with Crippen molar-refractivity contribution in [2.24, 2.45) is 0 Å². The lowest BCUT2D eigenvalue weighted by atomic mass is 10.0. The van der Waals surface area contributed by atoms with Crippen LogP contribution in [0, 0.1) is 0 Å². The van der Waals surface area contributed by atoms with Gasteiger partial charge >= 0.3 is 17.9 Å². The van der Waals surface area contributed by atoms with Crippen molar-refractivity contribution < 1.29 is 28.6 Å². The predicted octanol–water partition coefficient (Wildman–Crippen LogP) is 23.2. The second-order valence-corrected chi connectivity index (χ2v) is 23.1. The summed E-state index contributed by atoms with van der Waals surface area (Å²) in [6, 6.07) is 0. The molecule has 0 bridgehead atoms. The Morgan fingerprint density at radius 1 is 0.263 bits per heavy atom. The monoisotopic (exact) mass is 1070 g/mol. The summed E-state index contributed by atoms with van der Waals surface area (Å²) in [4.78, 5) is 38.1. The predicted molar refractivity (Wildman–Crippen MR) is 330 cm³/mol. The topological polar surface area (TPSA) is 78.9 Å². The average Bonchev–Trinajstić information content (AvgIpc) is 3.42. The number of carbonyl (C=O) groups excluding carboxylic acids is 3. The molecule has 76 heavy (non-hydrogen) atoms. The molecule has 0 saturated heterocycles. The van der Waals surface area contributed by atoms with Crippen LogP contribution in [0.2, 0.25) is 0 Å². The molecule has 0 aliphatic rings. The van der Waals surface area contributed by atoms with Crippen LogP contribution >= 0.6 is 0 Å². The first-order valence-corrected chi connectivity index (χ1v) is 34.0. The number of ether oxygens (including phenoxy) is 3. The van der Waals surface area contributed by atoms with E-state index in [2.05, 4.69) is 57.2 Å². The molecule has 0 amide bonds. The van der Waals surface area contributed by atoms with E-state index >= 15 is 0 Å². The van der Waals surface area contributed by atoms with E-state index in [1.807, 2.05) is 0 Å². The minimum atomic E-state index is -0.767. The molecule has 0 N–H and O–H groups in total. The van der Waals surface area contributed by atoms with E-state index < -0.39 is 6.10 Å². The summed E-state index contributed by atoms with van der Waals surface area (Å²) < 4.78 is 16.8. The van der Waals surface area contributed by atoms with E-state index in [-0.39, 0.29) is 31.1 Å². The lowest BCUT2D eigenvalue weighted by Crippen LogP contribution is -2.30. The van der Waals surface area contributed by atoms with Crippen LogP contribution in [0.25, 0.3) is 0 Å². The molecular formula is C70H130O6. The molecule has 0 aromatic heterocycles. The van der Waals surface area contributed by atoms with Crippen molar-refractivity contribution in [2.75, 3.05) is 13.2 Å². The Balaban J connectivity index is 3.99. The smallest absolute Gasteiger partial charge is 0.306 e. The number of hydrogen-bond donors (Lipinski definition) is 0. The highest BCUT2D eigenvalue weighted by atomic mass is 16.6. The molecule has 0 saturated carbocycles. The first kappa shape index (κ1) is 73.6. The maximum Gasteiger partial charge on any atom is 0.306 e. The summed E-state index contributed by atoms with van der Waals surface area (Å²) in [7, 11) is 0. The summed E-state index contributed by atoms with van der Waals surface area (Å²) in [5.74, 6) is -0.855. The fourth-order valence-corrected chi connectivity index (χ4v) is 10.2. The highest BCUT2D eigenvalue weighted by Crippen LogP contribution is 2.18. The SMILES string of the molecule is CCCCCCC/C=C\C/C=C\CCCCCCCCCCCCCCCCCCCC(=O)OCC(COC(=O)CCCCCCCC)OC(=O)CCCCCCCCCCCCC/C=C\CCCCCCCCCC. The zero-order valence-electron chi connectivity index (χ0n) is 51.3. The molecule has 1 unspecified atom stereocenters. The Kier molecular flexibility index (Phi) is 63.1. The third-order valence-electron chi connectivity index (χ3n) is 15.4. The molecule has 446 valence electrons. The first-order chi connectivity index (χ1) is 37.5. The second-order valence-electron chi connectivity index (χ2n) is 23.1. The molecule has 6 nitrogen and oxygen atoms in total. The number of carbonyl (C=O) groups is 3. The van der Waals surface area contributed by atoms with Crippen LogP contribution < -0.4 is 0 Å². The molecule has 0 rings (SSSR count). The van der Waals surface area contributed by atoms with Gasteiger partial charge in [-0.2, -0.15) is 0 Å². The minimum absolute atomic E-state index is 0.0678. The third kappa shape index (κ3) is 62.5. The molecule has 6 heteroatoms. The summed E-state index contributed by atoms with van der Waals surface area (Å²) >= 11 is 0. The molecule has 0 aromatic rings. The van der Waals surface area contributed by atoms with Gasteiger partial charge in [0.15, 0.2) is 6.10 Å². The van der Waals surface area contributed by atoms with Crippen LogP contribution in [0.3, 0.4) is 0 Å². The third-order valence-corrected chi connectivity index (χ3v) is 15.4. The number of allylic oxidation sites excluding steroid dienone is 6. The lowest BCUT2D eigenvalue weighted by molar-refractivity contribution is -0.167. The Morgan fingerprint density at radius 2 is 0.474 bits per heavy atom. The van der Waals surface area contributed by atoms with Crippen molar-refractivity contribution in [1.29, 1.82) is 0 Å². The van der Waals surface area contributed by atoms with Gasteiger partial charge in [-0.05, 0) is 77.0 Å². The number of rotatable bonds is 63. The molecule has 0 aliphatic carbocycles. The van der Waals surface area contributed by atoms with Crippen molar-refractivity contribution in [3.05, 3.63) is 36.5 Å². The van der Waals surface area contributed by atoms with Crippen molar-refractivity contribution in [1.82, 2.24) is 0 Å². The Bertz CT molecular complexity index is 1270. The van der Waals surface area contributed by atoms with Gasteiger partial charge < -0.3 is 14.2 Å². The second kappa shape index (κ2) is 65.2. The van der Waals surface area contributed by atoms with E-state index in [9.17, 15) is 14.4 Å². The standard InChI is InChI=1S/C70H130O6/c1-4-7-10-13-16-18-20-22-24-26-28-30-32-33-34-35-36-37-39-40-42-44-46-48-50-52-54-57-60-63-69(72)75-66-67(65-74-68(71)62-59-56-15-12-9-6-3)76-70(73)64-61-58-55-53-51-49-47-45-43-41-38-31-29-27-25-23-21-19-17-14-11-8-5-2/h20,22,26-29,67H,4-19,21,23-25,30-66H2,1-3H3/b22-20-,28-26-,29-27-. The van der Waals surface area contributed by atoms with Crippen LogP contribution in [-0.2, 0) is 28.6 Å². The fraction of sp³-hybridized carbons (Fsp3) is 0.871. The van der Waals surface area contributed by atoms with E-state index in [4.69, 9.17) is 14.2 Å². The molecule has 0 fully saturated rings. The molecule has 1 atom stereocenters. The fourth-order valence-electron chi connectivity index (χ4n) is 10.2. The maximum atomic E-state index is 12.9. The number of unbranched alkanes of at least 4 members (excludes halogenated alkanes) is 46. The molecule has 0 heterocycles. The van der Waals surface area contributed by atoms with Gasteiger partial charge in [0.25, 0.3) is 0 Å². The average molecular weight is 1070 g/mol. The number of hydrogen-bond acceptors (Lipinski definition) is 6. The summed E-state index contributed by atoms with van der Waals surface area (Å²) in [6.45, 7) is 6.63. The van der Waals surface area contributed by atoms with Gasteiger partial charge in [0.05, 0.1) is 0 Å². The first-order valence-electron chi connectivity index (χ1n) is 34.0. The van der Waals surface area contributed by atoms with E-state index in [1.165, 1.54) is 270 Å². The van der Waals surface area contributed by atoms with Gasteiger partial charge in [-0.3, -0.25) is 14.4 Å². The van der Waals surface area contributed by atoms with Crippen molar-refractivity contribution >= 4 is 17.9 Å². The number of esters is 3. The largest absolute Gasteiger partial charge is 0.462 e.